The van der Waals surface area contributed by atoms with E-state index in [2.05, 4.69) is 16.0 Å². The van der Waals surface area contributed by atoms with E-state index in [-0.39, 0.29) is 17.8 Å². The Labute approximate surface area is 212 Å². The first-order valence-corrected chi connectivity index (χ1v) is 11.7. The molecule has 0 spiro atoms. The molecule has 4 aromatic rings. The van der Waals surface area contributed by atoms with E-state index in [1.807, 2.05) is 36.4 Å². The highest BCUT2D eigenvalue weighted by atomic mass is 16.3. The SMILES string of the molecule is C[C@]1(c2cccc3ccccc23)NC(=O)N(CC(=O)Nc2ccccc2C(=O)NCc2ccco2)C1=O. The molecule has 1 fully saturated rings. The van der Waals surface area contributed by atoms with Crippen molar-refractivity contribution in [2.24, 2.45) is 0 Å². The Hall–Kier alpha value is -4.92. The summed E-state index contributed by atoms with van der Waals surface area (Å²) in [5, 5.41) is 9.90. The van der Waals surface area contributed by atoms with Gasteiger partial charge in [0.25, 0.3) is 11.8 Å². The fourth-order valence-electron chi connectivity index (χ4n) is 4.48. The number of nitrogens with zero attached hydrogens (tertiary/aromatic N) is 1. The summed E-state index contributed by atoms with van der Waals surface area (Å²) >= 11 is 0. The molecule has 9 nitrogen and oxygen atoms in total. The van der Waals surface area contributed by atoms with Gasteiger partial charge < -0.3 is 20.4 Å². The summed E-state index contributed by atoms with van der Waals surface area (Å²) in [6.07, 6.45) is 1.51. The lowest BCUT2D eigenvalue weighted by Crippen LogP contribution is -2.42. The van der Waals surface area contributed by atoms with Gasteiger partial charge in [0.2, 0.25) is 5.91 Å². The van der Waals surface area contributed by atoms with Crippen LogP contribution in [0.2, 0.25) is 0 Å². The maximum absolute atomic E-state index is 13.4. The van der Waals surface area contributed by atoms with Crippen LogP contribution in [0.5, 0.6) is 0 Å². The maximum atomic E-state index is 13.4. The molecule has 3 N–H and O–H groups in total. The van der Waals surface area contributed by atoms with Crippen molar-refractivity contribution in [2.45, 2.75) is 19.0 Å². The van der Waals surface area contributed by atoms with Gasteiger partial charge in [0.15, 0.2) is 0 Å². The number of hydrogen-bond donors (Lipinski definition) is 3. The topological polar surface area (TPSA) is 121 Å². The third-order valence-electron chi connectivity index (χ3n) is 6.35. The lowest BCUT2D eigenvalue weighted by atomic mass is 9.88. The number of para-hydroxylation sites is 1. The van der Waals surface area contributed by atoms with Crippen LogP contribution < -0.4 is 16.0 Å². The first-order chi connectivity index (χ1) is 17.9. The second-order valence-electron chi connectivity index (χ2n) is 8.83. The number of amides is 5. The second kappa shape index (κ2) is 9.62. The van der Waals surface area contributed by atoms with Crippen molar-refractivity contribution in [1.29, 1.82) is 0 Å². The van der Waals surface area contributed by atoms with E-state index in [1.165, 1.54) is 6.26 Å². The molecule has 9 heteroatoms. The van der Waals surface area contributed by atoms with Crippen molar-refractivity contribution in [3.05, 3.63) is 102 Å². The van der Waals surface area contributed by atoms with Crippen LogP contribution in [0, 0.1) is 0 Å². The average Bonchev–Trinajstić information content (AvgIpc) is 3.50. The van der Waals surface area contributed by atoms with Crippen molar-refractivity contribution < 1.29 is 23.6 Å². The van der Waals surface area contributed by atoms with Crippen LogP contribution in [0.4, 0.5) is 10.5 Å². The fraction of sp³-hybridized carbons (Fsp3) is 0.143. The molecule has 1 aliphatic rings. The number of carbonyl (C=O) groups is 4. The van der Waals surface area contributed by atoms with Crippen LogP contribution in [0.1, 0.15) is 28.6 Å². The second-order valence-corrected chi connectivity index (χ2v) is 8.83. The largest absolute Gasteiger partial charge is 0.467 e. The number of nitrogens with one attached hydrogen (secondary N) is 3. The first kappa shape index (κ1) is 23.8. The van der Waals surface area contributed by atoms with Crippen molar-refractivity contribution >= 4 is 40.2 Å². The minimum Gasteiger partial charge on any atom is -0.467 e. The molecule has 0 bridgehead atoms. The number of fused-ring (bicyclic) bond motifs is 1. The van der Waals surface area contributed by atoms with Gasteiger partial charge >= 0.3 is 6.03 Å². The molecule has 1 atom stereocenters. The Bertz CT molecular complexity index is 1510. The molecule has 2 heterocycles. The number of hydrogen-bond acceptors (Lipinski definition) is 5. The van der Waals surface area contributed by atoms with Crippen LogP contribution in [-0.2, 0) is 21.7 Å². The van der Waals surface area contributed by atoms with Gasteiger partial charge in [0.05, 0.1) is 24.1 Å². The summed E-state index contributed by atoms with van der Waals surface area (Å²) in [4.78, 5) is 52.7. The van der Waals surface area contributed by atoms with Gasteiger partial charge in [-0.15, -0.1) is 0 Å². The third-order valence-corrected chi connectivity index (χ3v) is 6.35. The van der Waals surface area contributed by atoms with Gasteiger partial charge in [-0.1, -0.05) is 54.6 Å². The molecule has 0 saturated carbocycles. The normalized spacial score (nSPS) is 17.1. The predicted octanol–water partition coefficient (Wildman–Crippen LogP) is 3.77. The van der Waals surface area contributed by atoms with Crippen LogP contribution in [0.3, 0.4) is 0 Å². The van der Waals surface area contributed by atoms with E-state index in [0.717, 1.165) is 15.7 Å². The number of urea groups is 1. The lowest BCUT2D eigenvalue weighted by molar-refractivity contribution is -0.133. The first-order valence-electron chi connectivity index (χ1n) is 11.7. The summed E-state index contributed by atoms with van der Waals surface area (Å²) in [5.74, 6) is -0.973. The number of carbonyl (C=O) groups excluding carboxylic acids is 4. The minimum atomic E-state index is -1.33. The molecular formula is C28H24N4O5. The molecular weight excluding hydrogens is 472 g/mol. The van der Waals surface area contributed by atoms with Crippen molar-refractivity contribution in [3.8, 4) is 0 Å². The Balaban J connectivity index is 1.31. The summed E-state index contributed by atoms with van der Waals surface area (Å²) in [5.41, 5.74) is -0.194. The molecule has 1 saturated heterocycles. The van der Waals surface area contributed by atoms with Crippen LogP contribution in [0.15, 0.2) is 89.5 Å². The van der Waals surface area contributed by atoms with Crippen molar-refractivity contribution in [1.82, 2.24) is 15.5 Å². The maximum Gasteiger partial charge on any atom is 0.325 e. The average molecular weight is 497 g/mol. The summed E-state index contributed by atoms with van der Waals surface area (Å²) < 4.78 is 5.22. The molecule has 1 aliphatic heterocycles. The number of anilines is 1. The van der Waals surface area contributed by atoms with Gasteiger partial charge in [-0.05, 0) is 47.5 Å². The monoisotopic (exact) mass is 496 g/mol. The summed E-state index contributed by atoms with van der Waals surface area (Å²) in [6.45, 7) is 1.31. The highest BCUT2D eigenvalue weighted by Crippen LogP contribution is 2.33. The van der Waals surface area contributed by atoms with Gasteiger partial charge in [0, 0.05) is 0 Å². The summed E-state index contributed by atoms with van der Waals surface area (Å²) in [6, 6.07) is 22.4. The Morgan fingerprint density at radius 3 is 2.51 bits per heavy atom. The molecule has 0 aliphatic carbocycles. The van der Waals surface area contributed by atoms with E-state index >= 15 is 0 Å². The molecule has 0 radical (unpaired) electrons. The molecule has 5 rings (SSSR count). The molecule has 0 unspecified atom stereocenters. The Morgan fingerprint density at radius 2 is 1.70 bits per heavy atom. The quantitative estimate of drug-likeness (QED) is 0.337. The zero-order chi connectivity index (χ0) is 26.0. The fourth-order valence-corrected chi connectivity index (χ4v) is 4.48. The minimum absolute atomic E-state index is 0.184. The van der Waals surface area contributed by atoms with E-state index in [0.29, 0.717) is 11.3 Å². The highest BCUT2D eigenvalue weighted by Gasteiger charge is 2.50. The van der Waals surface area contributed by atoms with Crippen LogP contribution >= 0.6 is 0 Å². The smallest absolute Gasteiger partial charge is 0.325 e. The molecule has 5 amide bonds. The van der Waals surface area contributed by atoms with Gasteiger partial charge in [0.1, 0.15) is 17.8 Å². The molecule has 37 heavy (non-hydrogen) atoms. The molecule has 186 valence electrons. The van der Waals surface area contributed by atoms with Gasteiger partial charge in [-0.25, -0.2) is 4.79 Å². The van der Waals surface area contributed by atoms with Crippen LogP contribution in [0.25, 0.3) is 10.8 Å². The number of furan rings is 1. The number of rotatable bonds is 7. The Morgan fingerprint density at radius 1 is 0.946 bits per heavy atom. The van der Waals surface area contributed by atoms with Gasteiger partial charge in [-0.3, -0.25) is 19.3 Å². The zero-order valence-corrected chi connectivity index (χ0v) is 20.0. The number of benzene rings is 3. The number of imide groups is 1. The van der Waals surface area contributed by atoms with Crippen molar-refractivity contribution in [3.63, 3.8) is 0 Å². The lowest BCUT2D eigenvalue weighted by Gasteiger charge is -2.24. The highest BCUT2D eigenvalue weighted by molar-refractivity contribution is 6.12. The van der Waals surface area contributed by atoms with Crippen LogP contribution in [-0.4, -0.2) is 35.2 Å². The van der Waals surface area contributed by atoms with Crippen molar-refractivity contribution in [2.75, 3.05) is 11.9 Å². The van der Waals surface area contributed by atoms with E-state index in [9.17, 15) is 19.2 Å². The summed E-state index contributed by atoms with van der Waals surface area (Å²) in [7, 11) is 0. The third kappa shape index (κ3) is 4.54. The van der Waals surface area contributed by atoms with E-state index < -0.39 is 35.8 Å². The Kier molecular flexibility index (Phi) is 6.19. The van der Waals surface area contributed by atoms with E-state index in [4.69, 9.17) is 4.42 Å². The standard InChI is InChI=1S/C28H24N4O5/c1-28(22-13-6-9-18-8-2-3-11-20(18)22)26(35)32(27(36)31-28)17-24(33)30-23-14-5-4-12-21(23)25(34)29-16-19-10-7-15-37-19/h2-15H,16-17H2,1H3,(H,29,34)(H,30,33)(H,31,36)/t28-/m1/s1. The van der Waals surface area contributed by atoms with Gasteiger partial charge in [-0.2, -0.15) is 0 Å². The van der Waals surface area contributed by atoms with E-state index in [1.54, 1.807) is 49.4 Å². The predicted molar refractivity (Wildman–Crippen MR) is 136 cm³/mol. The molecule has 3 aromatic carbocycles. The molecule has 1 aromatic heterocycles. The zero-order valence-electron chi connectivity index (χ0n) is 20.0.